The first-order valence-electron chi connectivity index (χ1n) is 4.67. The number of nitrogens with zero attached hydrogens (tertiary/aromatic N) is 1. The van der Waals surface area contributed by atoms with Crippen LogP contribution in [-0.2, 0) is 6.54 Å². The lowest BCUT2D eigenvalue weighted by Crippen LogP contribution is -2.19. The van der Waals surface area contributed by atoms with E-state index in [0.717, 1.165) is 5.52 Å². The largest absolute Gasteiger partial charge is 0.308 e. The number of fused-ring (bicyclic) bond motifs is 1. The van der Waals surface area contributed by atoms with E-state index in [4.69, 9.17) is 11.6 Å². The highest BCUT2D eigenvalue weighted by Gasteiger charge is 2.04. The minimum atomic E-state index is -0.0958. The van der Waals surface area contributed by atoms with Gasteiger partial charge in [-0.15, -0.1) is 11.3 Å². The van der Waals surface area contributed by atoms with E-state index in [1.807, 2.05) is 11.4 Å². The smallest absolute Gasteiger partial charge is 0.268 e. The first kappa shape index (κ1) is 11.3. The van der Waals surface area contributed by atoms with Crippen LogP contribution in [-0.4, -0.2) is 16.5 Å². The highest BCUT2D eigenvalue weighted by molar-refractivity contribution is 7.17. The Bertz CT molecular complexity index is 575. The van der Waals surface area contributed by atoms with Crippen LogP contribution in [0.1, 0.15) is 5.82 Å². The molecular weight excluding hydrogens is 246 g/mol. The predicted octanol–water partition coefficient (Wildman–Crippen LogP) is 1.83. The third-order valence-corrected chi connectivity index (χ3v) is 3.01. The Morgan fingerprint density at radius 2 is 2.50 bits per heavy atom. The first-order chi connectivity index (χ1) is 7.66. The van der Waals surface area contributed by atoms with Crippen LogP contribution in [0.15, 0.2) is 27.9 Å². The average molecular weight is 256 g/mol. The fraction of sp³-hybridized carbons (Fsp3) is 0.200. The van der Waals surface area contributed by atoms with E-state index in [2.05, 4.69) is 21.9 Å². The second kappa shape index (κ2) is 4.78. The molecule has 0 saturated heterocycles. The molecule has 16 heavy (non-hydrogen) atoms. The van der Waals surface area contributed by atoms with Crippen molar-refractivity contribution in [3.05, 3.63) is 39.2 Å². The quantitative estimate of drug-likeness (QED) is 0.876. The van der Waals surface area contributed by atoms with E-state index in [1.54, 1.807) is 0 Å². The molecule has 2 aromatic heterocycles. The Morgan fingerprint density at radius 3 is 3.25 bits per heavy atom. The number of aromatic nitrogens is 2. The lowest BCUT2D eigenvalue weighted by atomic mass is 10.4. The van der Waals surface area contributed by atoms with Gasteiger partial charge in [-0.2, -0.15) is 0 Å². The van der Waals surface area contributed by atoms with Gasteiger partial charge in [-0.25, -0.2) is 4.98 Å². The van der Waals surface area contributed by atoms with Crippen molar-refractivity contribution in [1.82, 2.24) is 15.3 Å². The number of hydrogen-bond acceptors (Lipinski definition) is 4. The number of hydrogen-bond donors (Lipinski definition) is 2. The Labute approximate surface area is 101 Å². The topological polar surface area (TPSA) is 57.8 Å². The van der Waals surface area contributed by atoms with Crippen molar-refractivity contribution >= 4 is 33.2 Å². The van der Waals surface area contributed by atoms with Crippen LogP contribution >= 0.6 is 22.9 Å². The van der Waals surface area contributed by atoms with Crippen molar-refractivity contribution in [3.63, 3.8) is 0 Å². The molecule has 84 valence electrons. The standard InChI is InChI=1S/C10H10ClN3OS/c1-6(11)4-12-5-8-13-7-2-3-16-9(7)10(15)14-8/h2-3,12H,1,4-5H2,(H,13,14,15). The molecule has 2 N–H and O–H groups in total. The van der Waals surface area contributed by atoms with Crippen LogP contribution in [0.5, 0.6) is 0 Å². The number of thiophene rings is 1. The molecule has 0 atom stereocenters. The first-order valence-corrected chi connectivity index (χ1v) is 5.93. The maximum Gasteiger partial charge on any atom is 0.268 e. The monoisotopic (exact) mass is 255 g/mol. The summed E-state index contributed by atoms with van der Waals surface area (Å²) in [7, 11) is 0. The van der Waals surface area contributed by atoms with Gasteiger partial charge in [0.2, 0.25) is 0 Å². The van der Waals surface area contributed by atoms with Gasteiger partial charge in [-0.05, 0) is 11.4 Å². The van der Waals surface area contributed by atoms with Crippen molar-refractivity contribution in [1.29, 1.82) is 0 Å². The molecule has 0 aliphatic carbocycles. The third kappa shape index (κ3) is 2.49. The van der Waals surface area contributed by atoms with E-state index in [-0.39, 0.29) is 5.56 Å². The zero-order valence-electron chi connectivity index (χ0n) is 8.42. The Balaban J connectivity index is 2.18. The summed E-state index contributed by atoms with van der Waals surface area (Å²) in [6.45, 7) is 4.52. The Hall–Kier alpha value is -1.17. The maximum absolute atomic E-state index is 11.6. The summed E-state index contributed by atoms with van der Waals surface area (Å²) < 4.78 is 0.658. The summed E-state index contributed by atoms with van der Waals surface area (Å²) >= 11 is 6.99. The van der Waals surface area contributed by atoms with Crippen LogP contribution in [0.2, 0.25) is 0 Å². The molecule has 0 saturated carbocycles. The number of aromatic amines is 1. The summed E-state index contributed by atoms with van der Waals surface area (Å²) in [6, 6.07) is 1.83. The summed E-state index contributed by atoms with van der Waals surface area (Å²) in [5, 5.41) is 5.40. The minimum Gasteiger partial charge on any atom is -0.308 e. The molecule has 0 radical (unpaired) electrons. The van der Waals surface area contributed by atoms with Gasteiger partial charge in [-0.3, -0.25) is 4.79 Å². The van der Waals surface area contributed by atoms with Crippen LogP contribution < -0.4 is 10.9 Å². The van der Waals surface area contributed by atoms with E-state index in [9.17, 15) is 4.79 Å². The molecule has 0 spiro atoms. The van der Waals surface area contributed by atoms with Crippen molar-refractivity contribution in [3.8, 4) is 0 Å². The van der Waals surface area contributed by atoms with Crippen LogP contribution in [0.3, 0.4) is 0 Å². The fourth-order valence-corrected chi connectivity index (χ4v) is 2.14. The van der Waals surface area contributed by atoms with Gasteiger partial charge in [0.25, 0.3) is 5.56 Å². The van der Waals surface area contributed by atoms with E-state index in [0.29, 0.717) is 28.6 Å². The minimum absolute atomic E-state index is 0.0958. The molecule has 6 heteroatoms. The van der Waals surface area contributed by atoms with Gasteiger partial charge in [0.1, 0.15) is 10.5 Å². The van der Waals surface area contributed by atoms with Crippen molar-refractivity contribution in [2.24, 2.45) is 0 Å². The molecule has 0 amide bonds. The SMILES string of the molecule is C=C(Cl)CNCc1nc2ccsc2c(=O)[nH]1. The predicted molar refractivity (Wildman–Crippen MR) is 66.9 cm³/mol. The maximum atomic E-state index is 11.6. The molecule has 0 aliphatic rings. The number of rotatable bonds is 4. The second-order valence-electron chi connectivity index (χ2n) is 3.27. The molecule has 0 bridgehead atoms. The van der Waals surface area contributed by atoms with E-state index >= 15 is 0 Å². The number of H-pyrrole nitrogens is 1. The van der Waals surface area contributed by atoms with Gasteiger partial charge in [-0.1, -0.05) is 18.2 Å². The van der Waals surface area contributed by atoms with Crippen molar-refractivity contribution in [2.75, 3.05) is 6.54 Å². The van der Waals surface area contributed by atoms with Gasteiger partial charge >= 0.3 is 0 Å². The molecule has 0 unspecified atom stereocenters. The summed E-state index contributed by atoms with van der Waals surface area (Å²) in [6.07, 6.45) is 0. The molecule has 0 aliphatic heterocycles. The van der Waals surface area contributed by atoms with Crippen LogP contribution in [0.4, 0.5) is 0 Å². The highest BCUT2D eigenvalue weighted by atomic mass is 35.5. The zero-order valence-corrected chi connectivity index (χ0v) is 9.99. The highest BCUT2D eigenvalue weighted by Crippen LogP contribution is 2.13. The molecule has 2 rings (SSSR count). The van der Waals surface area contributed by atoms with Crippen molar-refractivity contribution < 1.29 is 0 Å². The van der Waals surface area contributed by atoms with Gasteiger partial charge in [0, 0.05) is 11.6 Å². The summed E-state index contributed by atoms with van der Waals surface area (Å²) in [5.74, 6) is 0.605. The summed E-state index contributed by atoms with van der Waals surface area (Å²) in [4.78, 5) is 18.6. The molecule has 2 heterocycles. The molecule has 0 fully saturated rings. The van der Waals surface area contributed by atoms with Crippen molar-refractivity contribution in [2.45, 2.75) is 6.54 Å². The fourth-order valence-electron chi connectivity index (χ4n) is 1.32. The average Bonchev–Trinajstić information content (AvgIpc) is 2.65. The van der Waals surface area contributed by atoms with E-state index < -0.39 is 0 Å². The lowest BCUT2D eigenvalue weighted by molar-refractivity contribution is 0.713. The third-order valence-electron chi connectivity index (χ3n) is 1.97. The molecule has 2 aromatic rings. The van der Waals surface area contributed by atoms with Crippen LogP contribution in [0, 0.1) is 0 Å². The molecular formula is C10H10ClN3OS. The molecule has 0 aromatic carbocycles. The normalized spacial score (nSPS) is 10.8. The number of nitrogens with one attached hydrogen (secondary N) is 2. The van der Waals surface area contributed by atoms with Gasteiger partial charge in [0.15, 0.2) is 0 Å². The Morgan fingerprint density at radius 1 is 1.69 bits per heavy atom. The Kier molecular flexibility index (Phi) is 3.38. The zero-order chi connectivity index (χ0) is 11.5. The van der Waals surface area contributed by atoms with Gasteiger partial charge in [0.05, 0.1) is 12.1 Å². The van der Waals surface area contributed by atoms with Crippen LogP contribution in [0.25, 0.3) is 10.2 Å². The number of halogens is 1. The summed E-state index contributed by atoms with van der Waals surface area (Å²) in [5.41, 5.74) is 0.636. The van der Waals surface area contributed by atoms with E-state index in [1.165, 1.54) is 11.3 Å². The second-order valence-corrected chi connectivity index (χ2v) is 4.72. The molecule has 4 nitrogen and oxygen atoms in total. The lowest BCUT2D eigenvalue weighted by Gasteiger charge is -2.02. The van der Waals surface area contributed by atoms with Gasteiger partial charge < -0.3 is 10.3 Å².